The van der Waals surface area contributed by atoms with E-state index in [2.05, 4.69) is 109 Å². The van der Waals surface area contributed by atoms with Crippen molar-refractivity contribution in [2.24, 2.45) is 0 Å². The molecule has 2 aliphatic carbocycles. The minimum absolute atomic E-state index is 0.160. The van der Waals surface area contributed by atoms with Crippen LogP contribution in [0.5, 0.6) is 0 Å². The Hall–Kier alpha value is -5.79. The van der Waals surface area contributed by atoms with Gasteiger partial charge in [-0.05, 0) is 63.8 Å². The van der Waals surface area contributed by atoms with Crippen LogP contribution in [0, 0.1) is 0 Å². The zero-order chi connectivity index (χ0) is 62.1. The lowest BCUT2D eigenvalue weighted by Crippen LogP contribution is -2.14. The third-order valence-corrected chi connectivity index (χ3v) is 8.37. The van der Waals surface area contributed by atoms with Gasteiger partial charge in [0.2, 0.25) is 0 Å². The molecule has 0 aliphatic heterocycles. The lowest BCUT2D eigenvalue weighted by atomic mass is 9.85. The largest absolute Gasteiger partial charge is 0.289 e. The van der Waals surface area contributed by atoms with Crippen LogP contribution in [-0.2, 0) is 19.3 Å². The van der Waals surface area contributed by atoms with Crippen molar-refractivity contribution in [2.75, 3.05) is 0 Å². The van der Waals surface area contributed by atoms with Gasteiger partial charge in [0.25, 0.3) is 0 Å². The van der Waals surface area contributed by atoms with Gasteiger partial charge in [0.15, 0.2) is 5.78 Å². The first-order chi connectivity index (χ1) is 38.3. The molecule has 0 saturated carbocycles. The summed E-state index contributed by atoms with van der Waals surface area (Å²) in [6.07, 6.45) is 3.01. The summed E-state index contributed by atoms with van der Waals surface area (Å²) in [5.41, 5.74) is 12.5. The van der Waals surface area contributed by atoms with Gasteiger partial charge in [-0.3, -0.25) is 4.79 Å². The second-order valence-corrected chi connectivity index (χ2v) is 11.6. The minimum Gasteiger partial charge on any atom is -0.289 e. The number of carbonyl (C=O) groups excluding carboxylic acids is 1. The Morgan fingerprint density at radius 1 is 0.208 bits per heavy atom. The number of ketones is 1. The van der Waals surface area contributed by atoms with Crippen molar-refractivity contribution in [3.8, 4) is 11.1 Å². The Morgan fingerprint density at radius 3 is 0.584 bits per heavy atom. The zero-order valence-electron chi connectivity index (χ0n) is 56.5. The van der Waals surface area contributed by atoms with E-state index in [4.69, 9.17) is 0 Å². The van der Waals surface area contributed by atoms with E-state index in [0.29, 0.717) is 0 Å². The molecule has 0 heterocycles. The number of hydrogen-bond acceptors (Lipinski definition) is 1. The summed E-state index contributed by atoms with van der Waals surface area (Å²) >= 11 is 0. The normalized spacial score (nSPS) is 8.10. The highest BCUT2D eigenvalue weighted by molar-refractivity contribution is 6.12. The first-order valence-corrected chi connectivity index (χ1v) is 31.2. The molecule has 0 radical (unpaired) electrons. The van der Waals surface area contributed by atoms with Gasteiger partial charge in [0, 0.05) is 11.1 Å². The Morgan fingerprint density at radius 2 is 0.364 bits per heavy atom. The van der Waals surface area contributed by atoms with E-state index in [1.165, 1.54) is 33.4 Å². The van der Waals surface area contributed by atoms with E-state index in [-0.39, 0.29) is 5.78 Å². The summed E-state index contributed by atoms with van der Waals surface area (Å²) in [5, 5.41) is 0. The fourth-order valence-corrected chi connectivity index (χ4v) is 6.03. The van der Waals surface area contributed by atoms with Gasteiger partial charge in [-0.15, -0.1) is 0 Å². The molecular formula is C76H128O. The topological polar surface area (TPSA) is 17.1 Å². The second-order valence-electron chi connectivity index (χ2n) is 11.6. The molecule has 0 atom stereocenters. The molecule has 0 amide bonds. The molecule has 0 saturated heterocycles. The summed E-state index contributed by atoms with van der Waals surface area (Å²) in [6.45, 7) is 60.0. The predicted octanol–water partition coefficient (Wildman–Crippen LogP) is 26.4. The molecule has 7 aromatic carbocycles. The maximum absolute atomic E-state index is 12.1. The van der Waals surface area contributed by atoms with Crippen LogP contribution in [0.1, 0.15) is 257 Å². The van der Waals surface area contributed by atoms with Crippen molar-refractivity contribution in [1.82, 2.24) is 0 Å². The van der Waals surface area contributed by atoms with Crippen molar-refractivity contribution in [3.63, 3.8) is 0 Å². The van der Waals surface area contributed by atoms with Crippen LogP contribution in [0.4, 0.5) is 0 Å². The molecule has 0 unspecified atom stereocenters. The van der Waals surface area contributed by atoms with Gasteiger partial charge in [-0.1, -0.05) is 402 Å². The molecule has 0 aromatic heterocycles. The lowest BCUT2D eigenvalue weighted by molar-refractivity contribution is 0.103. The van der Waals surface area contributed by atoms with Crippen LogP contribution < -0.4 is 0 Å². The first kappa shape index (κ1) is 93.7. The quantitative estimate of drug-likeness (QED) is 0.169. The molecule has 1 heteroatoms. The average Bonchev–Trinajstić information content (AvgIpc) is 3.97. The third kappa shape index (κ3) is 46.1. The standard InChI is InChI=1S/C14H10O.C13H10.C13H12.C6H6.15C2H6/c15-14-12-7-3-1-5-10(12)9-11-6-2-4-8-13(11)14;1-3-7-12-10(5-1)9-11-6-2-4-8-13(11)12;1-3-7-12(8-4-1)11-13-9-5-2-6-10-13;1-2-4-6-5-3-1;15*1-2/h1-8H,9H2;1-8H,9H2;1-10H,11H2;1-6H;15*1-2H3. The van der Waals surface area contributed by atoms with Crippen LogP contribution >= 0.6 is 0 Å². The van der Waals surface area contributed by atoms with Crippen LogP contribution in [0.25, 0.3) is 11.1 Å². The van der Waals surface area contributed by atoms with Crippen LogP contribution in [0.2, 0.25) is 0 Å². The molecule has 0 bridgehead atoms. The van der Waals surface area contributed by atoms with E-state index in [1.807, 2.05) is 293 Å². The van der Waals surface area contributed by atoms with E-state index in [9.17, 15) is 4.79 Å². The molecule has 9 rings (SSSR count). The fraction of sp³-hybridized carbons (Fsp3) is 0.434. The summed E-state index contributed by atoms with van der Waals surface area (Å²) in [5.74, 6) is 0.160. The van der Waals surface area contributed by atoms with Crippen molar-refractivity contribution >= 4 is 5.78 Å². The van der Waals surface area contributed by atoms with Crippen LogP contribution in [-0.4, -0.2) is 5.78 Å². The van der Waals surface area contributed by atoms with Crippen molar-refractivity contribution in [1.29, 1.82) is 0 Å². The molecule has 7 aromatic rings. The third-order valence-electron chi connectivity index (χ3n) is 8.37. The highest BCUT2D eigenvalue weighted by atomic mass is 16.1. The lowest BCUT2D eigenvalue weighted by Gasteiger charge is -2.17. The van der Waals surface area contributed by atoms with E-state index >= 15 is 0 Å². The Labute approximate surface area is 484 Å². The fourth-order valence-electron chi connectivity index (χ4n) is 6.03. The molecule has 77 heavy (non-hydrogen) atoms. The Kier molecular flexibility index (Phi) is 106. The Balaban J connectivity index is -0.0000000847. The van der Waals surface area contributed by atoms with Gasteiger partial charge in [0.05, 0.1) is 0 Å². The molecule has 0 spiro atoms. The van der Waals surface area contributed by atoms with Crippen LogP contribution in [0.15, 0.2) is 194 Å². The van der Waals surface area contributed by atoms with Gasteiger partial charge in [-0.2, -0.15) is 0 Å². The maximum atomic E-state index is 12.1. The van der Waals surface area contributed by atoms with Crippen molar-refractivity contribution in [2.45, 2.75) is 227 Å². The van der Waals surface area contributed by atoms with E-state index < -0.39 is 0 Å². The van der Waals surface area contributed by atoms with Gasteiger partial charge < -0.3 is 0 Å². The smallest absolute Gasteiger partial charge is 0.193 e. The highest BCUT2D eigenvalue weighted by Crippen LogP contribution is 2.35. The molecule has 438 valence electrons. The highest BCUT2D eigenvalue weighted by Gasteiger charge is 2.21. The van der Waals surface area contributed by atoms with Gasteiger partial charge >= 0.3 is 0 Å². The van der Waals surface area contributed by atoms with Crippen molar-refractivity contribution in [3.05, 3.63) is 239 Å². The maximum Gasteiger partial charge on any atom is 0.193 e. The SMILES string of the molecule is CC.CC.CC.CC.CC.CC.CC.CC.CC.CC.CC.CC.CC.CC.CC.O=C1c2ccccc2Cc2ccccc21.c1ccc(Cc2ccccc2)cc1.c1ccc2c(c1)Cc1ccccc1-2.c1ccccc1. The molecule has 0 fully saturated rings. The number of fused-ring (bicyclic) bond motifs is 5. The number of carbonyl (C=O) groups is 1. The van der Waals surface area contributed by atoms with E-state index in [0.717, 1.165) is 41.5 Å². The molecule has 1 nitrogen and oxygen atoms in total. The zero-order valence-corrected chi connectivity index (χ0v) is 56.5. The number of rotatable bonds is 2. The molecular weight excluding hydrogens is 929 g/mol. The van der Waals surface area contributed by atoms with Gasteiger partial charge in [0.1, 0.15) is 0 Å². The summed E-state index contributed by atoms with van der Waals surface area (Å²) in [6, 6.07) is 66.1. The number of benzene rings is 7. The Bertz CT molecular complexity index is 1860. The van der Waals surface area contributed by atoms with Gasteiger partial charge in [-0.25, -0.2) is 0 Å². The summed E-state index contributed by atoms with van der Waals surface area (Å²) in [7, 11) is 0. The first-order valence-electron chi connectivity index (χ1n) is 31.2. The van der Waals surface area contributed by atoms with E-state index in [1.54, 1.807) is 0 Å². The molecule has 0 N–H and O–H groups in total. The summed E-state index contributed by atoms with van der Waals surface area (Å²) in [4.78, 5) is 12.1. The second kappa shape index (κ2) is 86.9. The molecule has 2 aliphatic rings. The summed E-state index contributed by atoms with van der Waals surface area (Å²) < 4.78 is 0. The monoisotopic (exact) mass is 1060 g/mol. The van der Waals surface area contributed by atoms with Crippen LogP contribution in [0.3, 0.4) is 0 Å². The predicted molar refractivity (Wildman–Crippen MR) is 366 cm³/mol. The average molecular weight is 1060 g/mol. The minimum atomic E-state index is 0.160. The van der Waals surface area contributed by atoms with Crippen molar-refractivity contribution < 1.29 is 4.79 Å². The number of hydrogen-bond donors (Lipinski definition) is 0.